The van der Waals surface area contributed by atoms with Crippen molar-refractivity contribution in [3.8, 4) is 0 Å². The number of rotatable bonds is 1. The van der Waals surface area contributed by atoms with E-state index in [9.17, 15) is 8.42 Å². The van der Waals surface area contributed by atoms with Gasteiger partial charge in [-0.15, -0.1) is 0 Å². The molecule has 96 valence electrons. The van der Waals surface area contributed by atoms with Crippen LogP contribution < -0.4 is 4.90 Å². The molecule has 0 aromatic heterocycles. The fourth-order valence-corrected chi connectivity index (χ4v) is 6.41. The molecule has 18 heavy (non-hydrogen) atoms. The molecule has 2 heterocycles. The zero-order valence-corrected chi connectivity index (χ0v) is 11.6. The molecule has 0 saturated carbocycles. The second-order valence-electron chi connectivity index (χ2n) is 4.76. The Morgan fingerprint density at radius 3 is 2.78 bits per heavy atom. The molecule has 0 unspecified atom stereocenters. The summed E-state index contributed by atoms with van der Waals surface area (Å²) in [6, 6.07) is 7.75. The molecular formula is C12H14N2O2S2. The zero-order chi connectivity index (χ0) is 12.9. The van der Waals surface area contributed by atoms with Crippen LogP contribution in [0.2, 0.25) is 0 Å². The Morgan fingerprint density at radius 2 is 2.06 bits per heavy atom. The van der Waals surface area contributed by atoms with Crippen molar-refractivity contribution in [2.45, 2.75) is 18.2 Å². The normalized spacial score (nSPS) is 29.6. The molecule has 2 aliphatic heterocycles. The topological polar surface area (TPSA) is 61.2 Å². The summed E-state index contributed by atoms with van der Waals surface area (Å²) in [6.07, 6.45) is 0. The van der Waals surface area contributed by atoms with Gasteiger partial charge >= 0.3 is 0 Å². The standard InChI is InChI=1S/C12H14N2O2S2/c1-8-4-2-3-5-9(8)14-10-6-18(15,16)7-11(10)17-12(14)13/h2-5,10-11,13H,6-7H2,1H3/t10-,11-/m1/s1. The maximum absolute atomic E-state index is 11.7. The average molecular weight is 282 g/mol. The van der Waals surface area contributed by atoms with Crippen LogP contribution in [0.5, 0.6) is 0 Å². The predicted octanol–water partition coefficient (Wildman–Crippen LogP) is 1.65. The molecule has 0 spiro atoms. The number of amidine groups is 1. The van der Waals surface area contributed by atoms with Gasteiger partial charge in [-0.3, -0.25) is 5.41 Å². The number of hydrogen-bond acceptors (Lipinski definition) is 4. The minimum absolute atomic E-state index is 0.0158. The summed E-state index contributed by atoms with van der Waals surface area (Å²) in [6.45, 7) is 1.99. The van der Waals surface area contributed by atoms with Gasteiger partial charge in [0.2, 0.25) is 0 Å². The summed E-state index contributed by atoms with van der Waals surface area (Å²) in [4.78, 5) is 1.88. The molecule has 1 aromatic carbocycles. The van der Waals surface area contributed by atoms with E-state index < -0.39 is 9.84 Å². The number of sulfone groups is 1. The fraction of sp³-hybridized carbons (Fsp3) is 0.417. The maximum Gasteiger partial charge on any atom is 0.161 e. The van der Waals surface area contributed by atoms with Gasteiger partial charge in [0.15, 0.2) is 15.0 Å². The average Bonchev–Trinajstić information content (AvgIpc) is 2.70. The molecule has 2 saturated heterocycles. The quantitative estimate of drug-likeness (QED) is 0.851. The number of aryl methyl sites for hydroxylation is 1. The number of nitrogens with one attached hydrogen (secondary N) is 1. The SMILES string of the molecule is Cc1ccccc1N1C(=N)S[C@@H]2CS(=O)(=O)C[C@H]21. The molecule has 4 nitrogen and oxygen atoms in total. The Bertz CT molecular complexity index is 612. The van der Waals surface area contributed by atoms with Crippen molar-refractivity contribution >= 4 is 32.5 Å². The molecule has 2 aliphatic rings. The molecule has 1 aromatic rings. The number of hydrogen-bond donors (Lipinski definition) is 1. The number of fused-ring (bicyclic) bond motifs is 1. The highest BCUT2D eigenvalue weighted by atomic mass is 32.2. The molecular weight excluding hydrogens is 268 g/mol. The van der Waals surface area contributed by atoms with Crippen LogP contribution >= 0.6 is 11.8 Å². The van der Waals surface area contributed by atoms with Crippen molar-refractivity contribution in [2.75, 3.05) is 16.4 Å². The summed E-state index contributed by atoms with van der Waals surface area (Å²) in [7, 11) is -2.94. The summed E-state index contributed by atoms with van der Waals surface area (Å²) in [5.41, 5.74) is 2.03. The van der Waals surface area contributed by atoms with E-state index in [1.165, 1.54) is 11.8 Å². The molecule has 2 fully saturated rings. The third-order valence-electron chi connectivity index (χ3n) is 3.46. The third-order valence-corrected chi connectivity index (χ3v) is 6.59. The predicted molar refractivity (Wildman–Crippen MR) is 75.2 cm³/mol. The number of nitrogens with zero attached hydrogens (tertiary/aromatic N) is 1. The number of para-hydroxylation sites is 1. The molecule has 3 rings (SSSR count). The first-order valence-electron chi connectivity index (χ1n) is 5.78. The van der Waals surface area contributed by atoms with Crippen molar-refractivity contribution in [2.24, 2.45) is 0 Å². The molecule has 2 atom stereocenters. The number of thioether (sulfide) groups is 1. The van der Waals surface area contributed by atoms with Crippen molar-refractivity contribution in [3.63, 3.8) is 0 Å². The van der Waals surface area contributed by atoms with Crippen LogP contribution in [0.3, 0.4) is 0 Å². The van der Waals surface area contributed by atoms with Crippen LogP contribution in [0.1, 0.15) is 5.56 Å². The van der Waals surface area contributed by atoms with Gasteiger partial charge in [0, 0.05) is 10.9 Å². The Balaban J connectivity index is 2.02. The van der Waals surface area contributed by atoms with Gasteiger partial charge in [0.25, 0.3) is 0 Å². The largest absolute Gasteiger partial charge is 0.316 e. The fourth-order valence-electron chi connectivity index (χ4n) is 2.62. The first kappa shape index (κ1) is 12.0. The minimum Gasteiger partial charge on any atom is -0.316 e. The summed E-state index contributed by atoms with van der Waals surface area (Å²) in [5, 5.41) is 8.54. The lowest BCUT2D eigenvalue weighted by molar-refractivity contribution is 0.601. The van der Waals surface area contributed by atoms with Crippen molar-refractivity contribution in [1.29, 1.82) is 5.41 Å². The van der Waals surface area contributed by atoms with Gasteiger partial charge in [0.05, 0.1) is 17.5 Å². The van der Waals surface area contributed by atoms with Crippen LogP contribution in [-0.2, 0) is 9.84 Å². The van der Waals surface area contributed by atoms with Gasteiger partial charge in [-0.05, 0) is 18.6 Å². The van der Waals surface area contributed by atoms with Crippen molar-refractivity contribution in [1.82, 2.24) is 0 Å². The van der Waals surface area contributed by atoms with E-state index in [0.717, 1.165) is 11.3 Å². The first-order chi connectivity index (χ1) is 8.48. The lowest BCUT2D eigenvalue weighted by Gasteiger charge is -2.25. The molecule has 1 N–H and O–H groups in total. The van der Waals surface area contributed by atoms with Gasteiger partial charge < -0.3 is 4.90 Å². The van der Waals surface area contributed by atoms with E-state index in [-0.39, 0.29) is 22.8 Å². The van der Waals surface area contributed by atoms with Crippen molar-refractivity contribution < 1.29 is 8.42 Å². The highest BCUT2D eigenvalue weighted by Gasteiger charge is 2.48. The Hall–Kier alpha value is -1.01. The van der Waals surface area contributed by atoms with Gasteiger partial charge in [-0.25, -0.2) is 8.42 Å². The number of anilines is 1. The first-order valence-corrected chi connectivity index (χ1v) is 8.48. The van der Waals surface area contributed by atoms with E-state index in [2.05, 4.69) is 0 Å². The van der Waals surface area contributed by atoms with Crippen molar-refractivity contribution in [3.05, 3.63) is 29.8 Å². The van der Waals surface area contributed by atoms with Crippen LogP contribution in [0.4, 0.5) is 5.69 Å². The van der Waals surface area contributed by atoms with Crippen LogP contribution in [0.15, 0.2) is 24.3 Å². The highest BCUT2D eigenvalue weighted by molar-refractivity contribution is 8.15. The molecule has 6 heteroatoms. The van der Waals surface area contributed by atoms with E-state index in [1.54, 1.807) is 0 Å². The lowest BCUT2D eigenvalue weighted by atomic mass is 10.1. The summed E-state index contributed by atoms with van der Waals surface area (Å²) in [5.74, 6) is 0.370. The van der Waals surface area contributed by atoms with Crippen LogP contribution in [0, 0.1) is 12.3 Å². The third kappa shape index (κ3) is 1.83. The second-order valence-corrected chi connectivity index (χ2v) is 8.14. The van der Waals surface area contributed by atoms with E-state index in [4.69, 9.17) is 5.41 Å². The second kappa shape index (κ2) is 3.99. The molecule has 0 amide bonds. The van der Waals surface area contributed by atoms with Gasteiger partial charge in [0.1, 0.15) is 0 Å². The summed E-state index contributed by atoms with van der Waals surface area (Å²) >= 11 is 1.38. The van der Waals surface area contributed by atoms with Crippen LogP contribution in [-0.4, -0.2) is 36.4 Å². The molecule has 0 aliphatic carbocycles. The van der Waals surface area contributed by atoms with E-state index >= 15 is 0 Å². The van der Waals surface area contributed by atoms with Gasteiger partial charge in [-0.2, -0.15) is 0 Å². The monoisotopic (exact) mass is 282 g/mol. The minimum atomic E-state index is -2.94. The molecule has 0 bridgehead atoms. The molecule has 0 radical (unpaired) electrons. The Labute approximate surface area is 111 Å². The Kier molecular flexibility index (Phi) is 2.67. The van der Waals surface area contributed by atoms with E-state index in [1.807, 2.05) is 36.1 Å². The van der Waals surface area contributed by atoms with Crippen LogP contribution in [0.25, 0.3) is 0 Å². The van der Waals surface area contributed by atoms with E-state index in [0.29, 0.717) is 5.17 Å². The number of benzene rings is 1. The Morgan fingerprint density at radius 1 is 1.33 bits per heavy atom. The lowest BCUT2D eigenvalue weighted by Crippen LogP contribution is -2.37. The summed E-state index contributed by atoms with van der Waals surface area (Å²) < 4.78 is 23.4. The smallest absolute Gasteiger partial charge is 0.161 e. The highest BCUT2D eigenvalue weighted by Crippen LogP contribution is 2.40. The zero-order valence-electron chi connectivity index (χ0n) is 9.96. The maximum atomic E-state index is 11.7. The van der Waals surface area contributed by atoms with Gasteiger partial charge in [-0.1, -0.05) is 30.0 Å².